The maximum Gasteiger partial charge on any atom is 0.257 e. The fourth-order valence-electron chi connectivity index (χ4n) is 4.90. The molecule has 0 N–H and O–H groups in total. The number of aromatic nitrogens is 2. The Morgan fingerprint density at radius 1 is 1.06 bits per heavy atom. The van der Waals surface area contributed by atoms with Crippen LogP contribution in [-0.2, 0) is 4.74 Å². The van der Waals surface area contributed by atoms with Gasteiger partial charge < -0.3 is 9.64 Å². The second-order valence-corrected chi connectivity index (χ2v) is 10.0. The summed E-state index contributed by atoms with van der Waals surface area (Å²) in [6.45, 7) is 6.58. The quantitative estimate of drug-likeness (QED) is 0.609. The first kappa shape index (κ1) is 22.2. The van der Waals surface area contributed by atoms with Gasteiger partial charge in [0.15, 0.2) is 0 Å². The Labute approximate surface area is 199 Å². The number of rotatable bonds is 6. The van der Waals surface area contributed by atoms with E-state index in [0.29, 0.717) is 21.9 Å². The number of nitrogens with zero attached hydrogens (tertiary/aromatic N) is 4. The highest BCUT2D eigenvalue weighted by Gasteiger charge is 2.35. The molecule has 0 bridgehead atoms. The summed E-state index contributed by atoms with van der Waals surface area (Å²) < 4.78 is 7.29. The van der Waals surface area contributed by atoms with Crippen LogP contribution in [0.1, 0.15) is 54.1 Å². The fourth-order valence-corrected chi connectivity index (χ4v) is 5.39. The summed E-state index contributed by atoms with van der Waals surface area (Å²) in [5.74, 6) is 1.17. The van der Waals surface area contributed by atoms with Crippen LogP contribution in [-0.4, -0.2) is 71.4 Å². The standard InChI is InChI=1S/C24H30Cl2N4O2/c25-19-3-4-22(21(26)15-19)30-23(18-1-2-18)20(16-27-30)24(31)29-9-6-17(7-10-29)5-8-28-11-13-32-14-12-28/h3-4,15-18H,1-2,5-14H2. The molecule has 1 saturated carbocycles. The number of amides is 1. The molecule has 0 radical (unpaired) electrons. The lowest BCUT2D eigenvalue weighted by molar-refractivity contribution is 0.0332. The Kier molecular flexibility index (Phi) is 6.74. The molecule has 6 nitrogen and oxygen atoms in total. The van der Waals surface area contributed by atoms with Gasteiger partial charge >= 0.3 is 0 Å². The Morgan fingerprint density at radius 2 is 1.81 bits per heavy atom. The van der Waals surface area contributed by atoms with Crippen LogP contribution in [0, 0.1) is 5.92 Å². The number of halogens is 2. The van der Waals surface area contributed by atoms with Crippen molar-refractivity contribution in [3.63, 3.8) is 0 Å². The van der Waals surface area contributed by atoms with Gasteiger partial charge in [0.1, 0.15) is 0 Å². The van der Waals surface area contributed by atoms with Gasteiger partial charge in [-0.15, -0.1) is 0 Å². The Bertz CT molecular complexity index is 961. The van der Waals surface area contributed by atoms with E-state index in [2.05, 4.69) is 10.00 Å². The van der Waals surface area contributed by atoms with E-state index in [1.54, 1.807) is 12.3 Å². The summed E-state index contributed by atoms with van der Waals surface area (Å²) in [5.41, 5.74) is 2.50. The van der Waals surface area contributed by atoms with Gasteiger partial charge in [0.05, 0.1) is 41.4 Å². The molecule has 5 rings (SSSR count). The number of hydrogen-bond acceptors (Lipinski definition) is 4. The van der Waals surface area contributed by atoms with Gasteiger partial charge in [-0.05, 0) is 62.8 Å². The zero-order valence-corrected chi connectivity index (χ0v) is 19.8. The third-order valence-electron chi connectivity index (χ3n) is 7.00. The Morgan fingerprint density at radius 3 is 2.50 bits per heavy atom. The van der Waals surface area contributed by atoms with Gasteiger partial charge in [-0.1, -0.05) is 23.2 Å². The molecule has 1 amide bonds. The normalized spacial score (nSPS) is 20.6. The van der Waals surface area contributed by atoms with Crippen molar-refractivity contribution in [1.29, 1.82) is 0 Å². The summed E-state index contributed by atoms with van der Waals surface area (Å²) in [5, 5.41) is 5.71. The van der Waals surface area contributed by atoms with E-state index in [9.17, 15) is 4.79 Å². The van der Waals surface area contributed by atoms with Crippen LogP contribution in [0.5, 0.6) is 0 Å². The molecule has 2 aliphatic heterocycles. The van der Waals surface area contributed by atoms with E-state index < -0.39 is 0 Å². The van der Waals surface area contributed by atoms with E-state index in [1.807, 2.05) is 21.7 Å². The summed E-state index contributed by atoms with van der Waals surface area (Å²) in [7, 11) is 0. The first-order valence-corrected chi connectivity index (χ1v) is 12.5. The maximum absolute atomic E-state index is 13.4. The second-order valence-electron chi connectivity index (χ2n) is 9.20. The summed E-state index contributed by atoms with van der Waals surface area (Å²) in [6, 6.07) is 5.40. The lowest BCUT2D eigenvalue weighted by Gasteiger charge is -2.34. The molecule has 3 aliphatic rings. The van der Waals surface area contributed by atoms with E-state index in [0.717, 1.165) is 88.6 Å². The predicted octanol–water partition coefficient (Wildman–Crippen LogP) is 4.63. The number of likely N-dealkylation sites (tertiary alicyclic amines) is 1. The number of carbonyl (C=O) groups is 1. The zero-order valence-electron chi connectivity index (χ0n) is 18.3. The van der Waals surface area contributed by atoms with Crippen LogP contribution in [0.15, 0.2) is 24.4 Å². The first-order chi connectivity index (χ1) is 15.6. The van der Waals surface area contributed by atoms with Crippen molar-refractivity contribution in [3.05, 3.63) is 45.7 Å². The maximum atomic E-state index is 13.4. The van der Waals surface area contributed by atoms with Crippen LogP contribution >= 0.6 is 23.2 Å². The number of morpholine rings is 1. The highest BCUT2D eigenvalue weighted by molar-refractivity contribution is 6.35. The molecule has 2 saturated heterocycles. The van der Waals surface area contributed by atoms with Gasteiger partial charge in [-0.3, -0.25) is 9.69 Å². The van der Waals surface area contributed by atoms with Crippen molar-refractivity contribution in [1.82, 2.24) is 19.6 Å². The molecule has 0 atom stereocenters. The molecule has 172 valence electrons. The molecular weight excluding hydrogens is 447 g/mol. The number of piperidine rings is 1. The average Bonchev–Trinajstić information content (AvgIpc) is 3.56. The first-order valence-electron chi connectivity index (χ1n) is 11.7. The van der Waals surface area contributed by atoms with Gasteiger partial charge in [0.25, 0.3) is 5.91 Å². The molecule has 1 aromatic heterocycles. The fraction of sp³-hybridized carbons (Fsp3) is 0.583. The molecule has 2 aromatic rings. The van der Waals surface area contributed by atoms with Gasteiger partial charge in [0.2, 0.25) is 0 Å². The highest BCUT2D eigenvalue weighted by Crippen LogP contribution is 2.43. The largest absolute Gasteiger partial charge is 0.379 e. The monoisotopic (exact) mass is 476 g/mol. The molecule has 1 aromatic carbocycles. The molecule has 0 spiro atoms. The predicted molar refractivity (Wildman–Crippen MR) is 126 cm³/mol. The van der Waals surface area contributed by atoms with Crippen LogP contribution in [0.2, 0.25) is 10.0 Å². The second kappa shape index (κ2) is 9.72. The van der Waals surface area contributed by atoms with Crippen molar-refractivity contribution < 1.29 is 9.53 Å². The number of hydrogen-bond donors (Lipinski definition) is 0. The van der Waals surface area contributed by atoms with Crippen LogP contribution in [0.25, 0.3) is 5.69 Å². The van der Waals surface area contributed by atoms with Gasteiger partial charge in [-0.25, -0.2) is 4.68 Å². The van der Waals surface area contributed by atoms with E-state index in [-0.39, 0.29) is 5.91 Å². The number of benzene rings is 1. The summed E-state index contributed by atoms with van der Waals surface area (Å²) in [4.78, 5) is 18.0. The lowest BCUT2D eigenvalue weighted by Crippen LogP contribution is -2.41. The van der Waals surface area contributed by atoms with Crippen molar-refractivity contribution >= 4 is 29.1 Å². The third kappa shape index (κ3) is 4.84. The average molecular weight is 477 g/mol. The minimum Gasteiger partial charge on any atom is -0.379 e. The molecule has 8 heteroatoms. The van der Waals surface area contributed by atoms with Crippen molar-refractivity contribution in [3.8, 4) is 5.69 Å². The summed E-state index contributed by atoms with van der Waals surface area (Å²) in [6.07, 6.45) is 7.26. The van der Waals surface area contributed by atoms with E-state index in [1.165, 1.54) is 6.42 Å². The Balaban J connectivity index is 1.25. The van der Waals surface area contributed by atoms with Gasteiger partial charge in [-0.2, -0.15) is 5.10 Å². The highest BCUT2D eigenvalue weighted by atomic mass is 35.5. The Hall–Kier alpha value is -1.60. The molecule has 0 unspecified atom stereocenters. The van der Waals surface area contributed by atoms with Crippen molar-refractivity contribution in [2.75, 3.05) is 45.9 Å². The molecule has 1 aliphatic carbocycles. The minimum absolute atomic E-state index is 0.106. The molecular formula is C24H30Cl2N4O2. The minimum atomic E-state index is 0.106. The van der Waals surface area contributed by atoms with Crippen LogP contribution in [0.3, 0.4) is 0 Å². The SMILES string of the molecule is O=C(c1cnn(-c2ccc(Cl)cc2Cl)c1C1CC1)N1CCC(CCN2CCOCC2)CC1. The number of carbonyl (C=O) groups excluding carboxylic acids is 1. The number of ether oxygens (including phenoxy) is 1. The smallest absolute Gasteiger partial charge is 0.257 e. The van der Waals surface area contributed by atoms with Crippen LogP contribution in [0.4, 0.5) is 0 Å². The molecule has 3 heterocycles. The summed E-state index contributed by atoms with van der Waals surface area (Å²) >= 11 is 12.5. The topological polar surface area (TPSA) is 50.6 Å². The molecule has 32 heavy (non-hydrogen) atoms. The zero-order chi connectivity index (χ0) is 22.1. The van der Waals surface area contributed by atoms with Crippen molar-refractivity contribution in [2.45, 2.75) is 38.0 Å². The van der Waals surface area contributed by atoms with Gasteiger partial charge in [0, 0.05) is 37.1 Å². The van der Waals surface area contributed by atoms with Crippen LogP contribution < -0.4 is 0 Å². The van der Waals surface area contributed by atoms with Crippen molar-refractivity contribution in [2.24, 2.45) is 5.92 Å². The lowest BCUT2D eigenvalue weighted by atomic mass is 9.93. The van der Waals surface area contributed by atoms with E-state index >= 15 is 0 Å². The van der Waals surface area contributed by atoms with E-state index in [4.69, 9.17) is 27.9 Å². The third-order valence-corrected chi connectivity index (χ3v) is 7.54. The molecule has 3 fully saturated rings.